The number of nitrogens with zero attached hydrogens (tertiary/aromatic N) is 1. The van der Waals surface area contributed by atoms with Gasteiger partial charge in [-0.05, 0) is 51.0 Å². The van der Waals surface area contributed by atoms with Gasteiger partial charge in [0.15, 0.2) is 4.84 Å². The molecule has 0 bridgehead atoms. The van der Waals surface area contributed by atoms with Crippen LogP contribution >= 0.6 is 23.2 Å². The molecule has 94 valence electrons. The Bertz CT molecular complexity index is 392. The van der Waals surface area contributed by atoms with Crippen molar-refractivity contribution >= 4 is 34.7 Å². The number of benzene rings is 1. The molecule has 0 saturated heterocycles. The van der Waals surface area contributed by atoms with Gasteiger partial charge in [-0.3, -0.25) is 4.99 Å². The van der Waals surface area contributed by atoms with Gasteiger partial charge in [-0.15, -0.1) is 0 Å². The summed E-state index contributed by atoms with van der Waals surface area (Å²) in [6, 6.07) is 6.35. The van der Waals surface area contributed by atoms with E-state index >= 15 is 0 Å². The lowest BCUT2D eigenvalue weighted by Gasteiger charge is -2.13. The Morgan fingerprint density at radius 1 is 1.12 bits per heavy atom. The van der Waals surface area contributed by atoms with Gasteiger partial charge >= 0.3 is 0 Å². The molecule has 0 aliphatic rings. The predicted molar refractivity (Wildman–Crippen MR) is 77.6 cm³/mol. The van der Waals surface area contributed by atoms with Crippen molar-refractivity contribution in [3.05, 3.63) is 29.3 Å². The number of alkyl halides is 2. The van der Waals surface area contributed by atoms with Crippen LogP contribution in [0.15, 0.2) is 23.2 Å². The van der Waals surface area contributed by atoms with Crippen LogP contribution in [0.5, 0.6) is 0 Å². The summed E-state index contributed by atoms with van der Waals surface area (Å²) in [5.41, 5.74) is 3.35. The number of anilines is 1. The molecule has 0 aromatic heterocycles. The molecule has 0 aliphatic carbocycles. The van der Waals surface area contributed by atoms with Crippen LogP contribution in [0.25, 0.3) is 0 Å². The quantitative estimate of drug-likeness (QED) is 0.495. The second-order valence-electron chi connectivity index (χ2n) is 4.41. The standard InChI is InChI=1S/C13H18Cl2N2/c1-8(2)16-13(12(14)15)17-11-6-9(3)5-10(4)7-11/h5-8,12H,1-4H3,(H,16,17). The first-order chi connectivity index (χ1) is 7.88. The molecule has 0 aliphatic heterocycles. The Morgan fingerprint density at radius 3 is 2.06 bits per heavy atom. The highest BCUT2D eigenvalue weighted by Gasteiger charge is 2.10. The molecule has 1 rings (SSSR count). The van der Waals surface area contributed by atoms with Crippen molar-refractivity contribution in [2.45, 2.75) is 38.6 Å². The van der Waals surface area contributed by atoms with Crippen molar-refractivity contribution in [2.24, 2.45) is 4.99 Å². The average Bonchev–Trinajstić information content (AvgIpc) is 2.13. The molecule has 0 fully saturated rings. The van der Waals surface area contributed by atoms with Gasteiger partial charge < -0.3 is 5.32 Å². The Hall–Kier alpha value is -0.730. The van der Waals surface area contributed by atoms with E-state index in [1.54, 1.807) is 0 Å². The topological polar surface area (TPSA) is 24.4 Å². The van der Waals surface area contributed by atoms with Crippen molar-refractivity contribution in [3.8, 4) is 0 Å². The molecular weight excluding hydrogens is 255 g/mol. The van der Waals surface area contributed by atoms with Gasteiger partial charge in [-0.2, -0.15) is 0 Å². The first-order valence-corrected chi connectivity index (χ1v) is 6.47. The number of halogens is 2. The fourth-order valence-corrected chi connectivity index (χ4v) is 1.84. The molecule has 0 unspecified atom stereocenters. The summed E-state index contributed by atoms with van der Waals surface area (Å²) >= 11 is 11.8. The summed E-state index contributed by atoms with van der Waals surface area (Å²) in [5.74, 6) is 0.591. The Morgan fingerprint density at radius 2 is 1.65 bits per heavy atom. The van der Waals surface area contributed by atoms with Crippen LogP contribution in [0, 0.1) is 13.8 Å². The minimum absolute atomic E-state index is 0.156. The summed E-state index contributed by atoms with van der Waals surface area (Å²) in [6.07, 6.45) is 0. The maximum absolute atomic E-state index is 5.89. The van der Waals surface area contributed by atoms with Gasteiger partial charge in [-0.1, -0.05) is 29.3 Å². The maximum atomic E-state index is 5.89. The average molecular weight is 273 g/mol. The van der Waals surface area contributed by atoms with E-state index in [4.69, 9.17) is 23.2 Å². The smallest absolute Gasteiger partial charge is 0.164 e. The summed E-state index contributed by atoms with van der Waals surface area (Å²) in [7, 11) is 0. The van der Waals surface area contributed by atoms with Gasteiger partial charge in [0.05, 0.1) is 0 Å². The van der Waals surface area contributed by atoms with Gasteiger partial charge in [0, 0.05) is 11.7 Å². The SMILES string of the molecule is Cc1cc(C)cc(NC(=NC(C)C)C(Cl)Cl)c1. The maximum Gasteiger partial charge on any atom is 0.164 e. The van der Waals surface area contributed by atoms with Crippen LogP contribution in [-0.2, 0) is 0 Å². The second kappa shape index (κ2) is 6.27. The zero-order chi connectivity index (χ0) is 13.0. The van der Waals surface area contributed by atoms with E-state index in [-0.39, 0.29) is 6.04 Å². The fraction of sp³-hybridized carbons (Fsp3) is 0.462. The Labute approximate surface area is 113 Å². The molecule has 1 N–H and O–H groups in total. The highest BCUT2D eigenvalue weighted by atomic mass is 35.5. The third kappa shape index (κ3) is 4.97. The third-order valence-corrected chi connectivity index (χ3v) is 2.51. The highest BCUT2D eigenvalue weighted by Crippen LogP contribution is 2.16. The first kappa shape index (κ1) is 14.3. The zero-order valence-electron chi connectivity index (χ0n) is 10.6. The van der Waals surface area contributed by atoms with Crippen molar-refractivity contribution < 1.29 is 0 Å². The lowest BCUT2D eigenvalue weighted by atomic mass is 10.1. The molecule has 0 spiro atoms. The van der Waals surface area contributed by atoms with E-state index in [0.717, 1.165) is 5.69 Å². The molecule has 0 radical (unpaired) electrons. The van der Waals surface area contributed by atoms with Crippen LogP contribution < -0.4 is 5.32 Å². The molecule has 0 saturated carbocycles. The highest BCUT2D eigenvalue weighted by molar-refractivity contribution is 6.55. The normalized spacial score (nSPS) is 12.4. The number of amidine groups is 1. The number of aliphatic imine (C=N–C) groups is 1. The van der Waals surface area contributed by atoms with E-state index in [1.165, 1.54) is 11.1 Å². The lowest BCUT2D eigenvalue weighted by Crippen LogP contribution is -2.21. The van der Waals surface area contributed by atoms with Gasteiger partial charge in [0.1, 0.15) is 5.84 Å². The van der Waals surface area contributed by atoms with E-state index in [1.807, 2.05) is 26.0 Å². The summed E-state index contributed by atoms with van der Waals surface area (Å²) in [6.45, 7) is 8.07. The molecule has 0 heterocycles. The number of nitrogens with one attached hydrogen (secondary N) is 1. The second-order valence-corrected chi connectivity index (χ2v) is 5.51. The van der Waals surface area contributed by atoms with Crippen LogP contribution in [0.2, 0.25) is 0 Å². The minimum Gasteiger partial charge on any atom is -0.342 e. The van der Waals surface area contributed by atoms with E-state index in [2.05, 4.69) is 30.2 Å². The number of aryl methyl sites for hydroxylation is 2. The van der Waals surface area contributed by atoms with Crippen LogP contribution in [-0.4, -0.2) is 16.7 Å². The van der Waals surface area contributed by atoms with Gasteiger partial charge in [-0.25, -0.2) is 0 Å². The fourth-order valence-electron chi connectivity index (χ4n) is 1.62. The van der Waals surface area contributed by atoms with E-state index in [9.17, 15) is 0 Å². The number of hydrogen-bond acceptors (Lipinski definition) is 1. The largest absolute Gasteiger partial charge is 0.342 e. The molecule has 17 heavy (non-hydrogen) atoms. The van der Waals surface area contributed by atoms with E-state index < -0.39 is 4.84 Å². The number of rotatable bonds is 3. The zero-order valence-corrected chi connectivity index (χ0v) is 12.1. The van der Waals surface area contributed by atoms with Crippen LogP contribution in [0.1, 0.15) is 25.0 Å². The Balaban J connectivity index is 2.94. The number of hydrogen-bond donors (Lipinski definition) is 1. The predicted octanol–water partition coefficient (Wildman–Crippen LogP) is 4.33. The first-order valence-electron chi connectivity index (χ1n) is 5.59. The molecule has 4 heteroatoms. The summed E-state index contributed by atoms with van der Waals surface area (Å²) in [4.78, 5) is 3.73. The van der Waals surface area contributed by atoms with Crippen LogP contribution in [0.3, 0.4) is 0 Å². The van der Waals surface area contributed by atoms with E-state index in [0.29, 0.717) is 5.84 Å². The minimum atomic E-state index is -0.641. The molecule has 1 aromatic carbocycles. The van der Waals surface area contributed by atoms with Crippen molar-refractivity contribution in [1.82, 2.24) is 0 Å². The molecule has 0 atom stereocenters. The van der Waals surface area contributed by atoms with Gasteiger partial charge in [0.25, 0.3) is 0 Å². The Kier molecular flexibility index (Phi) is 5.29. The third-order valence-electron chi connectivity index (χ3n) is 2.10. The van der Waals surface area contributed by atoms with Gasteiger partial charge in [0.2, 0.25) is 0 Å². The molecule has 2 nitrogen and oxygen atoms in total. The lowest BCUT2D eigenvalue weighted by molar-refractivity contribution is 0.834. The molecular formula is C13H18Cl2N2. The van der Waals surface area contributed by atoms with Crippen molar-refractivity contribution in [2.75, 3.05) is 5.32 Å². The molecule has 1 aromatic rings. The van der Waals surface area contributed by atoms with Crippen molar-refractivity contribution in [3.63, 3.8) is 0 Å². The van der Waals surface area contributed by atoms with Crippen LogP contribution in [0.4, 0.5) is 5.69 Å². The summed E-state index contributed by atoms with van der Waals surface area (Å²) < 4.78 is 0. The monoisotopic (exact) mass is 272 g/mol. The molecule has 0 amide bonds. The van der Waals surface area contributed by atoms with Crippen molar-refractivity contribution in [1.29, 1.82) is 0 Å². The summed E-state index contributed by atoms with van der Waals surface area (Å²) in [5, 5.41) is 3.18.